The van der Waals surface area contributed by atoms with Gasteiger partial charge in [0.15, 0.2) is 5.82 Å². The summed E-state index contributed by atoms with van der Waals surface area (Å²) in [5, 5.41) is 4.90. The van der Waals surface area contributed by atoms with Gasteiger partial charge in [-0.1, -0.05) is 250 Å². The molecule has 0 bridgehead atoms. The zero-order valence-corrected chi connectivity index (χ0v) is 40.1. The van der Waals surface area contributed by atoms with Crippen LogP contribution in [0.3, 0.4) is 0 Å². The lowest BCUT2D eigenvalue weighted by Gasteiger charge is -2.33. The maximum absolute atomic E-state index is 5.47. The van der Waals surface area contributed by atoms with Gasteiger partial charge in [-0.25, -0.2) is 9.97 Å². The molecule has 2 nitrogen and oxygen atoms in total. The van der Waals surface area contributed by atoms with Crippen molar-refractivity contribution in [2.45, 2.75) is 24.7 Å². The molecule has 0 unspecified atom stereocenters. The molecule has 0 atom stereocenters. The molecule has 338 valence electrons. The molecule has 72 heavy (non-hydrogen) atoms. The van der Waals surface area contributed by atoms with Crippen LogP contribution >= 0.6 is 0 Å². The van der Waals surface area contributed by atoms with Gasteiger partial charge in [0.25, 0.3) is 0 Å². The van der Waals surface area contributed by atoms with Crippen molar-refractivity contribution in [1.29, 1.82) is 0 Å². The first-order valence-electron chi connectivity index (χ1n) is 25.1. The summed E-state index contributed by atoms with van der Waals surface area (Å²) in [6.07, 6.45) is 0. The number of aromatic nitrogens is 2. The Morgan fingerprint density at radius 1 is 0.306 bits per heavy atom. The zero-order valence-electron chi connectivity index (χ0n) is 40.1. The van der Waals surface area contributed by atoms with E-state index in [1.54, 1.807) is 0 Å². The summed E-state index contributed by atoms with van der Waals surface area (Å²) in [7, 11) is 0. The van der Waals surface area contributed by atoms with Crippen molar-refractivity contribution in [2.24, 2.45) is 0 Å². The molecule has 0 saturated carbocycles. The average Bonchev–Trinajstić information content (AvgIpc) is 3.88. The van der Waals surface area contributed by atoms with Crippen LogP contribution in [-0.2, 0) is 10.8 Å². The van der Waals surface area contributed by atoms with Crippen LogP contribution < -0.4 is 0 Å². The second kappa shape index (κ2) is 16.3. The standard InChI is InChI=1S/C70H48N2/c1-69(2)63-43-49-23-13-12-22-48(49)42-60(63)57-32-18-31-53(67(57)69)46-38-36-45(37-39-46)52-40-41-56(55-29-15-14-28-54(52)55)64-44-65(72-68(71-64)47-20-6-3-7-21-47)59-33-19-35-62-66(59)58-30-16-17-34-61(58)70(62,50-24-8-4-9-25-50)51-26-10-5-11-27-51/h3-44H,1-2H3. The van der Waals surface area contributed by atoms with Crippen LogP contribution in [0.1, 0.15) is 47.2 Å². The third-order valence-electron chi connectivity index (χ3n) is 15.8. The molecule has 11 aromatic carbocycles. The van der Waals surface area contributed by atoms with Gasteiger partial charge in [-0.15, -0.1) is 0 Å². The highest BCUT2D eigenvalue weighted by Gasteiger charge is 2.47. The van der Waals surface area contributed by atoms with Crippen molar-refractivity contribution in [3.05, 3.63) is 288 Å². The third kappa shape index (κ3) is 6.28. The maximum atomic E-state index is 5.47. The highest BCUT2D eigenvalue weighted by molar-refractivity contribution is 6.05. The number of fused-ring (bicyclic) bond motifs is 8. The van der Waals surface area contributed by atoms with Gasteiger partial charge in [-0.3, -0.25) is 0 Å². The van der Waals surface area contributed by atoms with E-state index in [0.29, 0.717) is 5.82 Å². The van der Waals surface area contributed by atoms with Crippen LogP contribution in [0, 0.1) is 0 Å². The van der Waals surface area contributed by atoms with Crippen molar-refractivity contribution >= 4 is 21.5 Å². The molecule has 12 aromatic rings. The van der Waals surface area contributed by atoms with Crippen LogP contribution in [0.2, 0.25) is 0 Å². The number of hydrogen-bond donors (Lipinski definition) is 0. The molecule has 0 aliphatic heterocycles. The number of benzene rings is 11. The van der Waals surface area contributed by atoms with Crippen LogP contribution in [0.15, 0.2) is 255 Å². The monoisotopic (exact) mass is 916 g/mol. The van der Waals surface area contributed by atoms with Gasteiger partial charge in [-0.05, 0) is 118 Å². The quantitative estimate of drug-likeness (QED) is 0.159. The van der Waals surface area contributed by atoms with E-state index in [2.05, 4.69) is 269 Å². The van der Waals surface area contributed by atoms with Crippen LogP contribution in [0.4, 0.5) is 0 Å². The molecular weight excluding hydrogens is 869 g/mol. The topological polar surface area (TPSA) is 25.8 Å². The molecule has 0 amide bonds. The van der Waals surface area contributed by atoms with Crippen molar-refractivity contribution in [2.75, 3.05) is 0 Å². The Labute approximate surface area is 420 Å². The minimum atomic E-state index is -0.522. The molecule has 1 heterocycles. The van der Waals surface area contributed by atoms with E-state index < -0.39 is 5.41 Å². The van der Waals surface area contributed by atoms with E-state index >= 15 is 0 Å². The van der Waals surface area contributed by atoms with Gasteiger partial charge < -0.3 is 0 Å². The molecule has 0 N–H and O–H groups in total. The molecule has 0 spiro atoms. The second-order valence-corrected chi connectivity index (χ2v) is 20.0. The minimum absolute atomic E-state index is 0.142. The van der Waals surface area contributed by atoms with Gasteiger partial charge in [0.2, 0.25) is 0 Å². The van der Waals surface area contributed by atoms with Gasteiger partial charge >= 0.3 is 0 Å². The molecule has 1 aromatic heterocycles. The molecule has 0 fully saturated rings. The van der Waals surface area contributed by atoms with E-state index in [1.807, 2.05) is 0 Å². The lowest BCUT2D eigenvalue weighted by atomic mass is 9.67. The van der Waals surface area contributed by atoms with E-state index in [-0.39, 0.29) is 5.41 Å². The van der Waals surface area contributed by atoms with E-state index in [4.69, 9.17) is 9.97 Å². The number of nitrogens with zero attached hydrogens (tertiary/aromatic N) is 2. The van der Waals surface area contributed by atoms with Crippen LogP contribution in [0.25, 0.3) is 100.0 Å². The molecule has 2 aliphatic carbocycles. The Balaban J connectivity index is 0.902. The summed E-state index contributed by atoms with van der Waals surface area (Å²) in [6.45, 7) is 4.77. The lowest BCUT2D eigenvalue weighted by Crippen LogP contribution is -2.28. The number of hydrogen-bond acceptors (Lipinski definition) is 2. The second-order valence-electron chi connectivity index (χ2n) is 20.0. The van der Waals surface area contributed by atoms with Crippen molar-refractivity contribution < 1.29 is 0 Å². The van der Waals surface area contributed by atoms with Crippen LogP contribution in [0.5, 0.6) is 0 Å². The lowest BCUT2D eigenvalue weighted by molar-refractivity contribution is 0.663. The average molecular weight is 917 g/mol. The van der Waals surface area contributed by atoms with Crippen molar-refractivity contribution in [1.82, 2.24) is 9.97 Å². The largest absolute Gasteiger partial charge is 0.228 e. The highest BCUT2D eigenvalue weighted by atomic mass is 14.9. The van der Waals surface area contributed by atoms with E-state index in [9.17, 15) is 0 Å². The fraction of sp³-hybridized carbons (Fsp3) is 0.0571. The Morgan fingerprint density at radius 2 is 0.806 bits per heavy atom. The Morgan fingerprint density at radius 3 is 1.51 bits per heavy atom. The summed E-state index contributed by atoms with van der Waals surface area (Å²) in [5.41, 5.74) is 22.0. The number of rotatable bonds is 7. The minimum Gasteiger partial charge on any atom is -0.228 e. The van der Waals surface area contributed by atoms with E-state index in [1.165, 1.54) is 94.0 Å². The molecule has 14 rings (SSSR count). The molecule has 2 aliphatic rings. The first kappa shape index (κ1) is 41.9. The van der Waals surface area contributed by atoms with Crippen molar-refractivity contribution in [3.8, 4) is 78.4 Å². The van der Waals surface area contributed by atoms with Gasteiger partial charge in [0, 0.05) is 22.1 Å². The van der Waals surface area contributed by atoms with E-state index in [0.717, 1.165) is 33.5 Å². The fourth-order valence-electron chi connectivity index (χ4n) is 12.6. The third-order valence-corrected chi connectivity index (χ3v) is 15.8. The summed E-state index contributed by atoms with van der Waals surface area (Å²) < 4.78 is 0. The molecule has 0 saturated heterocycles. The smallest absolute Gasteiger partial charge is 0.160 e. The zero-order chi connectivity index (χ0) is 48.0. The van der Waals surface area contributed by atoms with Gasteiger partial charge in [0.1, 0.15) is 0 Å². The Bertz CT molecular complexity index is 4060. The molecule has 2 heteroatoms. The summed E-state index contributed by atoms with van der Waals surface area (Å²) >= 11 is 0. The van der Waals surface area contributed by atoms with Crippen LogP contribution in [-0.4, -0.2) is 9.97 Å². The predicted octanol–water partition coefficient (Wildman–Crippen LogP) is 17.8. The molecular formula is C70H48N2. The summed E-state index contributed by atoms with van der Waals surface area (Å²) in [6, 6.07) is 93.3. The van der Waals surface area contributed by atoms with Gasteiger partial charge in [-0.2, -0.15) is 0 Å². The summed E-state index contributed by atoms with van der Waals surface area (Å²) in [4.78, 5) is 10.9. The first-order valence-corrected chi connectivity index (χ1v) is 25.1. The fourth-order valence-corrected chi connectivity index (χ4v) is 12.6. The highest BCUT2D eigenvalue weighted by Crippen LogP contribution is 2.58. The van der Waals surface area contributed by atoms with Crippen molar-refractivity contribution in [3.63, 3.8) is 0 Å². The van der Waals surface area contributed by atoms with Gasteiger partial charge in [0.05, 0.1) is 16.8 Å². The predicted molar refractivity (Wildman–Crippen MR) is 299 cm³/mol. The Kier molecular flexibility index (Phi) is 9.50. The SMILES string of the molecule is CC1(C)c2cc3ccccc3cc2-c2cccc(-c3ccc(-c4ccc(-c5cc(-c6cccc7c6-c6ccccc6C7(c6ccccc6)c6ccccc6)nc(-c6ccccc6)n5)c5ccccc45)cc3)c21. The molecule has 0 radical (unpaired) electrons. The maximum Gasteiger partial charge on any atom is 0.160 e. The Hall–Kier alpha value is -8.98. The normalized spacial score (nSPS) is 13.6. The first-order chi connectivity index (χ1) is 35.5. The summed E-state index contributed by atoms with van der Waals surface area (Å²) in [5.74, 6) is 0.694.